The molecule has 12 heavy (non-hydrogen) atoms. The first kappa shape index (κ1) is 10.1. The fourth-order valence-electron chi connectivity index (χ4n) is 1.23. The molecule has 1 atom stereocenters. The van der Waals surface area contributed by atoms with Crippen LogP contribution in [0.2, 0.25) is 0 Å². The lowest BCUT2D eigenvalue weighted by Crippen LogP contribution is -1.91. The molecule has 0 heterocycles. The molecule has 0 fully saturated rings. The van der Waals surface area contributed by atoms with Crippen molar-refractivity contribution >= 4 is 27.5 Å². The minimum Gasteiger partial charge on any atom is -0.118 e. The summed E-state index contributed by atoms with van der Waals surface area (Å²) >= 11 is 9.50. The normalized spacial score (nSPS) is 13.1. The molecule has 0 N–H and O–H groups in total. The van der Waals surface area contributed by atoms with Gasteiger partial charge < -0.3 is 0 Å². The highest BCUT2D eigenvalue weighted by atomic mass is 79.9. The number of aryl methyl sites for hydroxylation is 2. The van der Waals surface area contributed by atoms with Crippen molar-refractivity contribution in [2.75, 3.05) is 0 Å². The van der Waals surface area contributed by atoms with Crippen molar-refractivity contribution in [3.05, 3.63) is 33.3 Å². The smallest absolute Gasteiger partial charge is 0.0559 e. The molecule has 0 aliphatic carbocycles. The first-order valence-corrected chi connectivity index (χ1v) is 5.16. The molecular formula is C10H12BrCl. The van der Waals surface area contributed by atoms with Gasteiger partial charge in [0.15, 0.2) is 0 Å². The van der Waals surface area contributed by atoms with Gasteiger partial charge in [-0.05, 0) is 43.5 Å². The number of hydrogen-bond acceptors (Lipinski definition) is 0. The maximum absolute atomic E-state index is 6.02. The third-order valence-corrected chi connectivity index (χ3v) is 3.07. The first-order valence-electron chi connectivity index (χ1n) is 3.93. The Morgan fingerprint density at radius 1 is 1.25 bits per heavy atom. The molecule has 0 amide bonds. The van der Waals surface area contributed by atoms with Crippen molar-refractivity contribution in [3.8, 4) is 0 Å². The first-order chi connectivity index (χ1) is 5.52. The molecule has 1 aromatic rings. The van der Waals surface area contributed by atoms with E-state index in [1.165, 1.54) is 16.7 Å². The number of alkyl halides is 1. The average Bonchev–Trinajstić information content (AvgIpc) is 1.96. The summed E-state index contributed by atoms with van der Waals surface area (Å²) in [6, 6.07) is 4.25. The number of benzene rings is 1. The van der Waals surface area contributed by atoms with Gasteiger partial charge in [0.1, 0.15) is 0 Å². The maximum atomic E-state index is 6.02. The highest BCUT2D eigenvalue weighted by Crippen LogP contribution is 2.28. The van der Waals surface area contributed by atoms with Crippen LogP contribution in [0, 0.1) is 13.8 Å². The molecule has 2 heteroatoms. The van der Waals surface area contributed by atoms with Gasteiger partial charge in [0.25, 0.3) is 0 Å². The lowest BCUT2D eigenvalue weighted by atomic mass is 10.0. The fourth-order valence-corrected chi connectivity index (χ4v) is 1.92. The molecule has 1 rings (SSSR count). The molecule has 66 valence electrons. The fraction of sp³-hybridized carbons (Fsp3) is 0.400. The van der Waals surface area contributed by atoms with Gasteiger partial charge in [-0.1, -0.05) is 22.0 Å². The summed E-state index contributed by atoms with van der Waals surface area (Å²) in [5, 5.41) is 0.0943. The van der Waals surface area contributed by atoms with Crippen molar-refractivity contribution < 1.29 is 0 Å². The van der Waals surface area contributed by atoms with E-state index >= 15 is 0 Å². The third kappa shape index (κ3) is 2.02. The van der Waals surface area contributed by atoms with Crippen LogP contribution in [0.25, 0.3) is 0 Å². The van der Waals surface area contributed by atoms with Gasteiger partial charge in [0.2, 0.25) is 0 Å². The van der Waals surface area contributed by atoms with Crippen molar-refractivity contribution in [2.24, 2.45) is 0 Å². The SMILES string of the molecule is Cc1cc(C(C)Cl)c(C)cc1Br. The highest BCUT2D eigenvalue weighted by molar-refractivity contribution is 9.10. The van der Waals surface area contributed by atoms with Crippen LogP contribution >= 0.6 is 27.5 Å². The van der Waals surface area contributed by atoms with E-state index in [1.54, 1.807) is 0 Å². The summed E-state index contributed by atoms with van der Waals surface area (Å²) in [6.45, 7) is 6.15. The number of halogens is 2. The second-order valence-corrected chi connectivity index (χ2v) is 4.58. The molecule has 0 aromatic heterocycles. The van der Waals surface area contributed by atoms with Crippen molar-refractivity contribution in [1.82, 2.24) is 0 Å². The monoisotopic (exact) mass is 246 g/mol. The Kier molecular flexibility index (Phi) is 3.19. The minimum absolute atomic E-state index is 0.0943. The molecule has 0 aliphatic heterocycles. The molecule has 0 spiro atoms. The van der Waals surface area contributed by atoms with Gasteiger partial charge in [-0.25, -0.2) is 0 Å². The van der Waals surface area contributed by atoms with Gasteiger partial charge in [0, 0.05) is 4.47 Å². The van der Waals surface area contributed by atoms with E-state index in [-0.39, 0.29) is 5.38 Å². The van der Waals surface area contributed by atoms with Crippen LogP contribution in [0.5, 0.6) is 0 Å². The summed E-state index contributed by atoms with van der Waals surface area (Å²) < 4.78 is 1.15. The predicted octanol–water partition coefficient (Wildman–Crippen LogP) is 4.37. The van der Waals surface area contributed by atoms with Crippen LogP contribution in [-0.2, 0) is 0 Å². The van der Waals surface area contributed by atoms with Gasteiger partial charge in [-0.3, -0.25) is 0 Å². The summed E-state index contributed by atoms with van der Waals surface area (Å²) in [5.41, 5.74) is 3.70. The van der Waals surface area contributed by atoms with Gasteiger partial charge >= 0.3 is 0 Å². The standard InChI is InChI=1S/C10H12BrCl/c1-6-5-10(11)7(2)4-9(6)8(3)12/h4-5,8H,1-3H3. The molecule has 0 radical (unpaired) electrons. The topological polar surface area (TPSA) is 0 Å². The Bertz CT molecular complexity index is 292. The summed E-state index contributed by atoms with van der Waals surface area (Å²) in [4.78, 5) is 0. The second-order valence-electron chi connectivity index (χ2n) is 3.07. The van der Waals surface area contributed by atoms with E-state index in [9.17, 15) is 0 Å². The Morgan fingerprint density at radius 2 is 1.83 bits per heavy atom. The average molecular weight is 248 g/mol. The van der Waals surface area contributed by atoms with Crippen molar-refractivity contribution in [2.45, 2.75) is 26.1 Å². The van der Waals surface area contributed by atoms with E-state index in [2.05, 4.69) is 41.9 Å². The second kappa shape index (κ2) is 3.80. The van der Waals surface area contributed by atoms with Crippen LogP contribution in [0.4, 0.5) is 0 Å². The summed E-state index contributed by atoms with van der Waals surface area (Å²) in [5.74, 6) is 0. The van der Waals surface area contributed by atoms with Crippen LogP contribution in [0.15, 0.2) is 16.6 Å². The Balaban J connectivity index is 3.23. The van der Waals surface area contributed by atoms with E-state index in [1.807, 2.05) is 6.92 Å². The third-order valence-electron chi connectivity index (χ3n) is 1.98. The molecule has 1 unspecified atom stereocenters. The van der Waals surface area contributed by atoms with Crippen LogP contribution < -0.4 is 0 Å². The molecule has 0 saturated carbocycles. The number of rotatable bonds is 1. The lowest BCUT2D eigenvalue weighted by Gasteiger charge is -2.10. The quantitative estimate of drug-likeness (QED) is 0.647. The highest BCUT2D eigenvalue weighted by Gasteiger charge is 2.06. The Labute approximate surface area is 87.1 Å². The predicted molar refractivity (Wildman–Crippen MR) is 57.9 cm³/mol. The van der Waals surface area contributed by atoms with E-state index in [0.29, 0.717) is 0 Å². The lowest BCUT2D eigenvalue weighted by molar-refractivity contribution is 1.05. The summed E-state index contributed by atoms with van der Waals surface area (Å²) in [6.07, 6.45) is 0. The zero-order valence-corrected chi connectivity index (χ0v) is 9.83. The maximum Gasteiger partial charge on any atom is 0.0559 e. The molecular weight excluding hydrogens is 235 g/mol. The Hall–Kier alpha value is -0.0100. The van der Waals surface area contributed by atoms with E-state index in [0.717, 1.165) is 4.47 Å². The van der Waals surface area contributed by atoms with Crippen LogP contribution in [-0.4, -0.2) is 0 Å². The molecule has 0 saturated heterocycles. The van der Waals surface area contributed by atoms with E-state index in [4.69, 9.17) is 11.6 Å². The van der Waals surface area contributed by atoms with Gasteiger partial charge in [-0.2, -0.15) is 0 Å². The van der Waals surface area contributed by atoms with Gasteiger partial charge in [-0.15, -0.1) is 11.6 Å². The van der Waals surface area contributed by atoms with E-state index < -0.39 is 0 Å². The zero-order chi connectivity index (χ0) is 9.30. The zero-order valence-electron chi connectivity index (χ0n) is 7.49. The molecule has 0 aliphatic rings. The Morgan fingerprint density at radius 3 is 2.33 bits per heavy atom. The number of hydrogen-bond donors (Lipinski definition) is 0. The largest absolute Gasteiger partial charge is 0.118 e. The van der Waals surface area contributed by atoms with Crippen molar-refractivity contribution in [3.63, 3.8) is 0 Å². The molecule has 0 bridgehead atoms. The molecule has 0 nitrogen and oxygen atoms in total. The molecule has 1 aromatic carbocycles. The van der Waals surface area contributed by atoms with Crippen LogP contribution in [0.1, 0.15) is 29.0 Å². The van der Waals surface area contributed by atoms with Gasteiger partial charge in [0.05, 0.1) is 5.38 Å². The minimum atomic E-state index is 0.0943. The van der Waals surface area contributed by atoms with Crippen LogP contribution in [0.3, 0.4) is 0 Å². The summed E-state index contributed by atoms with van der Waals surface area (Å²) in [7, 11) is 0. The van der Waals surface area contributed by atoms with Crippen molar-refractivity contribution in [1.29, 1.82) is 0 Å².